The molecule has 0 aliphatic heterocycles. The molecule has 0 aliphatic rings. The molecule has 5 heteroatoms. The van der Waals surface area contributed by atoms with Gasteiger partial charge in [0.15, 0.2) is 0 Å². The lowest BCUT2D eigenvalue weighted by Gasteiger charge is -2.14. The summed E-state index contributed by atoms with van der Waals surface area (Å²) in [6.07, 6.45) is 1.95. The second kappa shape index (κ2) is 7.28. The van der Waals surface area contributed by atoms with Crippen LogP contribution in [0.4, 0.5) is 5.69 Å². The van der Waals surface area contributed by atoms with Crippen LogP contribution in [0.1, 0.15) is 32.3 Å². The zero-order chi connectivity index (χ0) is 14.4. The number of rotatable bonds is 6. The fraction of sp³-hybridized carbons (Fsp3) is 0.500. The number of hydrogen-bond donors (Lipinski definition) is 2. The maximum absolute atomic E-state index is 12.4. The molecule has 4 nitrogen and oxygen atoms in total. The van der Waals surface area contributed by atoms with E-state index < -0.39 is 16.0 Å². The molecular weight excluding hydrogens is 260 g/mol. The lowest BCUT2D eigenvalue weighted by molar-refractivity contribution is -0.120. The zero-order valence-electron chi connectivity index (χ0n) is 11.7. The summed E-state index contributed by atoms with van der Waals surface area (Å²) in [7, 11) is -1.38. The Balaban J connectivity index is 2.76. The predicted octanol–water partition coefficient (Wildman–Crippen LogP) is 1.99. The SMILES string of the molecule is CCCCNC(=O)C(C)S(=O)c1cccc(N)c1C. The first-order valence-corrected chi connectivity index (χ1v) is 7.73. The standard InChI is InChI=1S/C14H22N2O2S/c1-4-5-9-16-14(17)11(3)19(18)13-8-6-7-12(15)10(13)2/h6-8,11H,4-5,9,15H2,1-3H3,(H,16,17). The second-order valence-electron chi connectivity index (χ2n) is 4.55. The molecule has 1 aromatic rings. The van der Waals surface area contributed by atoms with Gasteiger partial charge in [-0.1, -0.05) is 19.4 Å². The Morgan fingerprint density at radius 2 is 2.16 bits per heavy atom. The number of nitrogens with two attached hydrogens (primary N) is 1. The highest BCUT2D eigenvalue weighted by Crippen LogP contribution is 2.21. The van der Waals surface area contributed by atoms with Crippen LogP contribution in [0, 0.1) is 6.92 Å². The lowest BCUT2D eigenvalue weighted by atomic mass is 10.2. The number of amides is 1. The van der Waals surface area contributed by atoms with Gasteiger partial charge in [-0.3, -0.25) is 9.00 Å². The van der Waals surface area contributed by atoms with Crippen LogP contribution in [0.15, 0.2) is 23.1 Å². The molecule has 0 fully saturated rings. The maximum atomic E-state index is 12.4. The molecule has 19 heavy (non-hydrogen) atoms. The quantitative estimate of drug-likeness (QED) is 0.619. The number of carbonyl (C=O) groups excluding carboxylic acids is 1. The molecule has 0 heterocycles. The van der Waals surface area contributed by atoms with Gasteiger partial charge in [0.25, 0.3) is 0 Å². The molecule has 0 radical (unpaired) electrons. The molecule has 2 unspecified atom stereocenters. The number of nitrogens with one attached hydrogen (secondary N) is 1. The van der Waals surface area contributed by atoms with Crippen LogP contribution in [-0.2, 0) is 15.6 Å². The van der Waals surface area contributed by atoms with Crippen LogP contribution >= 0.6 is 0 Å². The van der Waals surface area contributed by atoms with Gasteiger partial charge in [0.05, 0.1) is 10.8 Å². The number of anilines is 1. The summed E-state index contributed by atoms with van der Waals surface area (Å²) in [4.78, 5) is 12.5. The van der Waals surface area contributed by atoms with Crippen LogP contribution in [0.3, 0.4) is 0 Å². The third-order valence-electron chi connectivity index (χ3n) is 3.06. The van der Waals surface area contributed by atoms with E-state index in [2.05, 4.69) is 12.2 Å². The summed E-state index contributed by atoms with van der Waals surface area (Å²) < 4.78 is 12.4. The first-order valence-electron chi connectivity index (χ1n) is 6.52. The van der Waals surface area contributed by atoms with Crippen LogP contribution in [-0.4, -0.2) is 21.9 Å². The van der Waals surface area contributed by atoms with E-state index in [1.54, 1.807) is 25.1 Å². The first-order chi connectivity index (χ1) is 8.99. The lowest BCUT2D eigenvalue weighted by Crippen LogP contribution is -2.36. The van der Waals surface area contributed by atoms with Crippen molar-refractivity contribution in [1.82, 2.24) is 5.32 Å². The molecule has 1 amide bonds. The van der Waals surface area contributed by atoms with E-state index in [0.29, 0.717) is 17.1 Å². The van der Waals surface area contributed by atoms with Crippen molar-refractivity contribution >= 4 is 22.4 Å². The average molecular weight is 282 g/mol. The Morgan fingerprint density at radius 3 is 2.79 bits per heavy atom. The number of unbranched alkanes of at least 4 members (excludes halogenated alkanes) is 1. The fourth-order valence-electron chi connectivity index (χ4n) is 1.67. The van der Waals surface area contributed by atoms with E-state index in [0.717, 1.165) is 18.4 Å². The molecule has 0 saturated carbocycles. The third kappa shape index (κ3) is 4.06. The molecule has 0 bridgehead atoms. The molecule has 0 aliphatic carbocycles. The van der Waals surface area contributed by atoms with E-state index in [1.807, 2.05) is 6.92 Å². The Morgan fingerprint density at radius 1 is 1.47 bits per heavy atom. The second-order valence-corrected chi connectivity index (χ2v) is 6.30. The van der Waals surface area contributed by atoms with Gasteiger partial charge in [0.2, 0.25) is 5.91 Å². The topological polar surface area (TPSA) is 72.2 Å². The van der Waals surface area contributed by atoms with E-state index >= 15 is 0 Å². The van der Waals surface area contributed by atoms with E-state index in [1.165, 1.54) is 0 Å². The van der Waals surface area contributed by atoms with Gasteiger partial charge in [-0.05, 0) is 38.0 Å². The summed E-state index contributed by atoms with van der Waals surface area (Å²) in [5.74, 6) is -0.173. The molecule has 1 aromatic carbocycles. The minimum atomic E-state index is -1.38. The van der Waals surface area contributed by atoms with Crippen molar-refractivity contribution in [3.8, 4) is 0 Å². The Bertz CT molecular complexity index is 475. The van der Waals surface area contributed by atoms with Crippen molar-refractivity contribution < 1.29 is 9.00 Å². The molecule has 0 spiro atoms. The zero-order valence-corrected chi connectivity index (χ0v) is 12.5. The monoisotopic (exact) mass is 282 g/mol. The summed E-state index contributed by atoms with van der Waals surface area (Å²) >= 11 is 0. The highest BCUT2D eigenvalue weighted by Gasteiger charge is 2.22. The molecule has 0 aromatic heterocycles. The van der Waals surface area contributed by atoms with Crippen LogP contribution < -0.4 is 11.1 Å². The molecule has 1 rings (SSSR count). The Kier molecular flexibility index (Phi) is 6.02. The Hall–Kier alpha value is -1.36. The van der Waals surface area contributed by atoms with Crippen LogP contribution in [0.2, 0.25) is 0 Å². The summed E-state index contributed by atoms with van der Waals surface area (Å²) in [6, 6.07) is 5.29. The van der Waals surface area contributed by atoms with Gasteiger partial charge in [0, 0.05) is 17.1 Å². The molecule has 2 atom stereocenters. The van der Waals surface area contributed by atoms with Crippen molar-refractivity contribution in [2.45, 2.75) is 43.8 Å². The van der Waals surface area contributed by atoms with Crippen molar-refractivity contribution in [3.63, 3.8) is 0 Å². The minimum absolute atomic E-state index is 0.173. The number of carbonyl (C=O) groups is 1. The molecular formula is C14H22N2O2S. The van der Waals surface area contributed by atoms with Crippen molar-refractivity contribution in [2.24, 2.45) is 0 Å². The van der Waals surface area contributed by atoms with Gasteiger partial charge in [-0.25, -0.2) is 0 Å². The third-order valence-corrected chi connectivity index (χ3v) is 4.79. The summed E-state index contributed by atoms with van der Waals surface area (Å²) in [5.41, 5.74) is 7.19. The molecule has 3 N–H and O–H groups in total. The van der Waals surface area contributed by atoms with Crippen LogP contribution in [0.5, 0.6) is 0 Å². The van der Waals surface area contributed by atoms with Gasteiger partial charge in [0.1, 0.15) is 5.25 Å². The summed E-state index contributed by atoms with van der Waals surface area (Å²) in [6.45, 7) is 6.20. The number of nitrogen functional groups attached to an aromatic ring is 1. The first kappa shape index (κ1) is 15.7. The summed E-state index contributed by atoms with van der Waals surface area (Å²) in [5, 5.41) is 2.23. The van der Waals surface area contributed by atoms with E-state index in [9.17, 15) is 9.00 Å². The number of benzene rings is 1. The van der Waals surface area contributed by atoms with Crippen LogP contribution in [0.25, 0.3) is 0 Å². The average Bonchev–Trinajstić information content (AvgIpc) is 2.40. The minimum Gasteiger partial charge on any atom is -0.398 e. The highest BCUT2D eigenvalue weighted by atomic mass is 32.2. The highest BCUT2D eigenvalue weighted by molar-refractivity contribution is 7.86. The van der Waals surface area contributed by atoms with Gasteiger partial charge in [-0.15, -0.1) is 0 Å². The normalized spacial score (nSPS) is 13.8. The van der Waals surface area contributed by atoms with Crippen molar-refractivity contribution in [3.05, 3.63) is 23.8 Å². The van der Waals surface area contributed by atoms with Crippen molar-refractivity contribution in [1.29, 1.82) is 0 Å². The van der Waals surface area contributed by atoms with E-state index in [4.69, 9.17) is 5.73 Å². The largest absolute Gasteiger partial charge is 0.398 e. The fourth-order valence-corrected chi connectivity index (χ4v) is 2.96. The van der Waals surface area contributed by atoms with Crippen molar-refractivity contribution in [2.75, 3.05) is 12.3 Å². The van der Waals surface area contributed by atoms with Gasteiger partial charge in [-0.2, -0.15) is 0 Å². The Labute approximate surface area is 117 Å². The predicted molar refractivity (Wildman–Crippen MR) is 79.4 cm³/mol. The van der Waals surface area contributed by atoms with Gasteiger partial charge >= 0.3 is 0 Å². The maximum Gasteiger partial charge on any atom is 0.235 e. The number of hydrogen-bond acceptors (Lipinski definition) is 3. The molecule has 106 valence electrons. The smallest absolute Gasteiger partial charge is 0.235 e. The van der Waals surface area contributed by atoms with E-state index in [-0.39, 0.29) is 5.91 Å². The molecule has 0 saturated heterocycles. The van der Waals surface area contributed by atoms with Gasteiger partial charge < -0.3 is 11.1 Å².